The Morgan fingerprint density at radius 3 is 2.36 bits per heavy atom. The molecule has 1 aromatic carbocycles. The van der Waals surface area contributed by atoms with Gasteiger partial charge in [0.2, 0.25) is 12.3 Å². The SMILES string of the molecule is O=CN1CCN(C(=O)C2CCN(c3cc(-c4ccccc4)ncn3)CC2)CC1. The first-order chi connectivity index (χ1) is 13.7. The number of anilines is 1. The summed E-state index contributed by atoms with van der Waals surface area (Å²) in [4.78, 5) is 38.4. The molecule has 2 fully saturated rings. The van der Waals surface area contributed by atoms with Gasteiger partial charge in [-0.15, -0.1) is 0 Å². The van der Waals surface area contributed by atoms with E-state index < -0.39 is 0 Å². The average molecular weight is 379 g/mol. The number of carbonyl (C=O) groups is 2. The summed E-state index contributed by atoms with van der Waals surface area (Å²) < 4.78 is 0. The molecule has 0 saturated carbocycles. The zero-order chi connectivity index (χ0) is 19.3. The Morgan fingerprint density at radius 2 is 1.68 bits per heavy atom. The Hall–Kier alpha value is -2.96. The zero-order valence-corrected chi connectivity index (χ0v) is 15.9. The van der Waals surface area contributed by atoms with Crippen molar-refractivity contribution >= 4 is 18.1 Å². The first kappa shape index (κ1) is 18.4. The van der Waals surface area contributed by atoms with Crippen LogP contribution < -0.4 is 4.90 Å². The summed E-state index contributed by atoms with van der Waals surface area (Å²) in [7, 11) is 0. The van der Waals surface area contributed by atoms with Crippen LogP contribution in [0.25, 0.3) is 11.3 Å². The first-order valence-electron chi connectivity index (χ1n) is 9.85. The quantitative estimate of drug-likeness (QED) is 0.756. The Labute approximate surface area is 165 Å². The van der Waals surface area contributed by atoms with Crippen molar-refractivity contribution in [3.8, 4) is 11.3 Å². The molecule has 2 aromatic rings. The summed E-state index contributed by atoms with van der Waals surface area (Å²) >= 11 is 0. The number of benzene rings is 1. The summed E-state index contributed by atoms with van der Waals surface area (Å²) in [6, 6.07) is 12.1. The summed E-state index contributed by atoms with van der Waals surface area (Å²) in [5.41, 5.74) is 1.99. The van der Waals surface area contributed by atoms with Crippen LogP contribution in [0, 0.1) is 5.92 Å². The molecule has 0 spiro atoms. The number of hydrogen-bond donors (Lipinski definition) is 0. The number of carbonyl (C=O) groups excluding carboxylic acids is 2. The second kappa shape index (κ2) is 8.37. The number of piperazine rings is 1. The van der Waals surface area contributed by atoms with Crippen LogP contribution in [-0.4, -0.2) is 71.4 Å². The molecule has 0 atom stereocenters. The Bertz CT molecular complexity index is 813. The number of amides is 2. The van der Waals surface area contributed by atoms with Crippen molar-refractivity contribution in [2.45, 2.75) is 12.8 Å². The van der Waals surface area contributed by atoms with Crippen molar-refractivity contribution in [2.24, 2.45) is 5.92 Å². The van der Waals surface area contributed by atoms with E-state index in [-0.39, 0.29) is 11.8 Å². The number of aromatic nitrogens is 2. The highest BCUT2D eigenvalue weighted by Gasteiger charge is 2.30. The lowest BCUT2D eigenvalue weighted by Gasteiger charge is -2.37. The van der Waals surface area contributed by atoms with Gasteiger partial charge in [0.15, 0.2) is 0 Å². The van der Waals surface area contributed by atoms with Crippen molar-refractivity contribution in [3.05, 3.63) is 42.7 Å². The third kappa shape index (κ3) is 3.98. The van der Waals surface area contributed by atoms with Crippen LogP contribution in [-0.2, 0) is 9.59 Å². The van der Waals surface area contributed by atoms with Gasteiger partial charge >= 0.3 is 0 Å². The molecule has 28 heavy (non-hydrogen) atoms. The van der Waals surface area contributed by atoms with Crippen LogP contribution in [0.5, 0.6) is 0 Å². The maximum absolute atomic E-state index is 12.8. The Balaban J connectivity index is 1.35. The van der Waals surface area contributed by atoms with E-state index in [1.807, 2.05) is 41.3 Å². The van der Waals surface area contributed by atoms with E-state index in [0.29, 0.717) is 26.2 Å². The van der Waals surface area contributed by atoms with Crippen LogP contribution in [0.4, 0.5) is 5.82 Å². The van der Waals surface area contributed by atoms with Gasteiger partial charge in [-0.3, -0.25) is 9.59 Å². The van der Waals surface area contributed by atoms with E-state index >= 15 is 0 Å². The summed E-state index contributed by atoms with van der Waals surface area (Å²) in [5, 5.41) is 0. The number of hydrogen-bond acceptors (Lipinski definition) is 5. The number of nitrogens with zero attached hydrogens (tertiary/aromatic N) is 5. The molecule has 0 unspecified atom stereocenters. The van der Waals surface area contributed by atoms with E-state index in [4.69, 9.17) is 0 Å². The molecule has 146 valence electrons. The van der Waals surface area contributed by atoms with Crippen LogP contribution in [0.3, 0.4) is 0 Å². The van der Waals surface area contributed by atoms with Gasteiger partial charge in [0.1, 0.15) is 12.1 Å². The van der Waals surface area contributed by atoms with Crippen LogP contribution in [0.15, 0.2) is 42.7 Å². The normalized spacial score (nSPS) is 18.2. The summed E-state index contributed by atoms with van der Waals surface area (Å²) in [6.45, 7) is 4.19. The van der Waals surface area contributed by atoms with Gasteiger partial charge in [-0.2, -0.15) is 0 Å². The molecule has 7 heteroatoms. The predicted molar refractivity (Wildman–Crippen MR) is 107 cm³/mol. The fourth-order valence-electron chi connectivity index (χ4n) is 3.95. The molecule has 7 nitrogen and oxygen atoms in total. The third-order valence-corrected chi connectivity index (χ3v) is 5.67. The average Bonchev–Trinajstić information content (AvgIpc) is 2.79. The lowest BCUT2D eigenvalue weighted by Crippen LogP contribution is -2.51. The largest absolute Gasteiger partial charge is 0.356 e. The zero-order valence-electron chi connectivity index (χ0n) is 15.9. The molecule has 2 amide bonds. The first-order valence-corrected chi connectivity index (χ1v) is 9.85. The molecular formula is C21H25N5O2. The lowest BCUT2D eigenvalue weighted by molar-refractivity contribution is -0.139. The standard InChI is InChI=1S/C21H25N5O2/c27-16-24-10-12-26(13-11-24)21(28)18-6-8-25(9-7-18)20-14-19(22-15-23-20)17-4-2-1-3-5-17/h1-5,14-16,18H,6-13H2. The summed E-state index contributed by atoms with van der Waals surface area (Å²) in [6.07, 6.45) is 4.14. The smallest absolute Gasteiger partial charge is 0.225 e. The van der Waals surface area contributed by atoms with Crippen LogP contribution >= 0.6 is 0 Å². The second-order valence-corrected chi connectivity index (χ2v) is 7.36. The minimum Gasteiger partial charge on any atom is -0.356 e. The van der Waals surface area contributed by atoms with Gasteiger partial charge in [0.25, 0.3) is 0 Å². The van der Waals surface area contributed by atoms with Crippen LogP contribution in [0.1, 0.15) is 12.8 Å². The molecule has 0 aliphatic carbocycles. The second-order valence-electron chi connectivity index (χ2n) is 7.36. The van der Waals surface area contributed by atoms with E-state index in [0.717, 1.165) is 49.4 Å². The van der Waals surface area contributed by atoms with Gasteiger partial charge in [-0.1, -0.05) is 30.3 Å². The topological polar surface area (TPSA) is 69.6 Å². The monoisotopic (exact) mass is 379 g/mol. The van der Waals surface area contributed by atoms with Crippen molar-refractivity contribution < 1.29 is 9.59 Å². The molecule has 3 heterocycles. The molecular weight excluding hydrogens is 354 g/mol. The van der Waals surface area contributed by atoms with Gasteiger partial charge in [0, 0.05) is 56.8 Å². The minimum absolute atomic E-state index is 0.0643. The van der Waals surface area contributed by atoms with Crippen molar-refractivity contribution in [1.29, 1.82) is 0 Å². The highest BCUT2D eigenvalue weighted by molar-refractivity contribution is 5.79. The van der Waals surface area contributed by atoms with Crippen molar-refractivity contribution in [3.63, 3.8) is 0 Å². The maximum Gasteiger partial charge on any atom is 0.225 e. The maximum atomic E-state index is 12.8. The lowest BCUT2D eigenvalue weighted by atomic mass is 9.95. The molecule has 2 aliphatic heterocycles. The summed E-state index contributed by atoms with van der Waals surface area (Å²) in [5.74, 6) is 1.21. The highest BCUT2D eigenvalue weighted by Crippen LogP contribution is 2.26. The molecule has 2 aliphatic rings. The molecule has 0 bridgehead atoms. The van der Waals surface area contributed by atoms with E-state index in [9.17, 15) is 9.59 Å². The predicted octanol–water partition coefficient (Wildman–Crippen LogP) is 1.66. The van der Waals surface area contributed by atoms with Gasteiger partial charge < -0.3 is 14.7 Å². The molecule has 2 saturated heterocycles. The van der Waals surface area contributed by atoms with Crippen molar-refractivity contribution in [1.82, 2.24) is 19.8 Å². The van der Waals surface area contributed by atoms with Crippen LogP contribution in [0.2, 0.25) is 0 Å². The fourth-order valence-corrected chi connectivity index (χ4v) is 3.95. The molecule has 4 rings (SSSR count). The van der Waals surface area contributed by atoms with E-state index in [1.165, 1.54) is 0 Å². The van der Waals surface area contributed by atoms with E-state index in [1.54, 1.807) is 11.2 Å². The number of piperidine rings is 1. The van der Waals surface area contributed by atoms with Gasteiger partial charge in [-0.25, -0.2) is 9.97 Å². The Morgan fingerprint density at radius 1 is 0.964 bits per heavy atom. The highest BCUT2D eigenvalue weighted by atomic mass is 16.2. The fraction of sp³-hybridized carbons (Fsp3) is 0.429. The third-order valence-electron chi connectivity index (χ3n) is 5.67. The minimum atomic E-state index is 0.0643. The van der Waals surface area contributed by atoms with E-state index in [2.05, 4.69) is 14.9 Å². The molecule has 1 aromatic heterocycles. The van der Waals surface area contributed by atoms with Gasteiger partial charge in [-0.05, 0) is 12.8 Å². The number of rotatable bonds is 4. The Kier molecular flexibility index (Phi) is 5.50. The van der Waals surface area contributed by atoms with Gasteiger partial charge in [0.05, 0.1) is 5.69 Å². The molecule has 0 N–H and O–H groups in total. The van der Waals surface area contributed by atoms with Crippen molar-refractivity contribution in [2.75, 3.05) is 44.2 Å². The molecule has 0 radical (unpaired) electrons.